The van der Waals surface area contributed by atoms with Gasteiger partial charge in [0.25, 0.3) is 5.91 Å². The third-order valence-corrected chi connectivity index (χ3v) is 3.00. The Morgan fingerprint density at radius 2 is 2.05 bits per heavy atom. The first-order chi connectivity index (χ1) is 9.40. The molecule has 0 bridgehead atoms. The minimum absolute atomic E-state index is 0.211. The Morgan fingerprint density at radius 1 is 1.35 bits per heavy atom. The Bertz CT molecular complexity index is 460. The average molecular weight is 300 g/mol. The lowest BCUT2D eigenvalue weighted by molar-refractivity contribution is -0.136. The lowest BCUT2D eigenvalue weighted by Gasteiger charge is -2.23. The van der Waals surface area contributed by atoms with Gasteiger partial charge in [-0.3, -0.25) is 4.79 Å². The second-order valence-corrected chi connectivity index (χ2v) is 5.30. The highest BCUT2D eigenvalue weighted by Crippen LogP contribution is 2.28. The molecule has 0 saturated heterocycles. The molecule has 0 aliphatic heterocycles. The Kier molecular flexibility index (Phi) is 6.30. The van der Waals surface area contributed by atoms with Gasteiger partial charge in [-0.1, -0.05) is 18.5 Å². The fourth-order valence-electron chi connectivity index (χ4n) is 1.62. The standard InChI is InChI=1S/C15H22ClNO3/c1-5-9-19-13-8-7-11(10-12(13)16)17-14(18)15(3,4)20-6-2/h7-8,10H,5-6,9H2,1-4H3,(H,17,18). The van der Waals surface area contributed by atoms with Crippen LogP contribution in [0.3, 0.4) is 0 Å². The Hall–Kier alpha value is -1.26. The quantitative estimate of drug-likeness (QED) is 0.831. The molecular weight excluding hydrogens is 278 g/mol. The van der Waals surface area contributed by atoms with Gasteiger partial charge in [-0.05, 0) is 45.4 Å². The van der Waals surface area contributed by atoms with E-state index in [1.54, 1.807) is 32.0 Å². The van der Waals surface area contributed by atoms with E-state index in [1.165, 1.54) is 0 Å². The molecule has 0 radical (unpaired) electrons. The van der Waals surface area contributed by atoms with Gasteiger partial charge in [0.15, 0.2) is 0 Å². The van der Waals surface area contributed by atoms with E-state index in [0.717, 1.165) is 6.42 Å². The summed E-state index contributed by atoms with van der Waals surface area (Å²) < 4.78 is 10.9. The second-order valence-electron chi connectivity index (χ2n) is 4.89. The number of halogens is 1. The lowest BCUT2D eigenvalue weighted by Crippen LogP contribution is -2.39. The van der Waals surface area contributed by atoms with Crippen molar-refractivity contribution in [2.24, 2.45) is 0 Å². The molecule has 1 N–H and O–H groups in total. The van der Waals surface area contributed by atoms with Crippen molar-refractivity contribution in [1.29, 1.82) is 0 Å². The van der Waals surface area contributed by atoms with Crippen molar-refractivity contribution >= 4 is 23.2 Å². The molecule has 0 atom stereocenters. The van der Waals surface area contributed by atoms with E-state index in [9.17, 15) is 4.79 Å². The Labute approximate surface area is 125 Å². The molecule has 0 spiro atoms. The van der Waals surface area contributed by atoms with Crippen molar-refractivity contribution in [3.63, 3.8) is 0 Å². The van der Waals surface area contributed by atoms with Gasteiger partial charge in [0.2, 0.25) is 0 Å². The summed E-state index contributed by atoms with van der Waals surface area (Å²) in [5.41, 5.74) is -0.255. The highest BCUT2D eigenvalue weighted by atomic mass is 35.5. The summed E-state index contributed by atoms with van der Waals surface area (Å²) in [6.45, 7) is 8.43. The van der Waals surface area contributed by atoms with Crippen molar-refractivity contribution in [2.45, 2.75) is 39.7 Å². The number of anilines is 1. The predicted octanol–water partition coefficient (Wildman–Crippen LogP) is 3.88. The second kappa shape index (κ2) is 7.50. The number of carbonyl (C=O) groups is 1. The van der Waals surface area contributed by atoms with E-state index in [2.05, 4.69) is 5.32 Å². The normalized spacial score (nSPS) is 11.2. The molecule has 112 valence electrons. The van der Waals surface area contributed by atoms with E-state index in [4.69, 9.17) is 21.1 Å². The molecule has 0 aromatic heterocycles. The van der Waals surface area contributed by atoms with Crippen LogP contribution in [-0.4, -0.2) is 24.7 Å². The number of ether oxygens (including phenoxy) is 2. The largest absolute Gasteiger partial charge is 0.492 e. The first kappa shape index (κ1) is 16.8. The average Bonchev–Trinajstić information content (AvgIpc) is 2.37. The van der Waals surface area contributed by atoms with Crippen LogP contribution in [0.15, 0.2) is 18.2 Å². The maximum atomic E-state index is 12.1. The zero-order valence-corrected chi connectivity index (χ0v) is 13.2. The van der Waals surface area contributed by atoms with Crippen LogP contribution in [0.5, 0.6) is 5.75 Å². The fraction of sp³-hybridized carbons (Fsp3) is 0.533. The van der Waals surface area contributed by atoms with Gasteiger partial charge in [-0.2, -0.15) is 0 Å². The van der Waals surface area contributed by atoms with E-state index < -0.39 is 5.60 Å². The van der Waals surface area contributed by atoms with Crippen LogP contribution in [0.1, 0.15) is 34.1 Å². The molecule has 0 aliphatic carbocycles. The van der Waals surface area contributed by atoms with Gasteiger partial charge in [0.1, 0.15) is 11.4 Å². The van der Waals surface area contributed by atoms with Crippen molar-refractivity contribution in [1.82, 2.24) is 0 Å². The van der Waals surface area contributed by atoms with Crippen molar-refractivity contribution in [3.8, 4) is 5.75 Å². The van der Waals surface area contributed by atoms with Gasteiger partial charge < -0.3 is 14.8 Å². The molecule has 1 rings (SSSR count). The number of nitrogens with one attached hydrogen (secondary N) is 1. The molecule has 0 fully saturated rings. The number of amides is 1. The van der Waals surface area contributed by atoms with E-state index in [-0.39, 0.29) is 5.91 Å². The lowest BCUT2D eigenvalue weighted by atomic mass is 10.1. The van der Waals surface area contributed by atoms with Crippen molar-refractivity contribution in [3.05, 3.63) is 23.2 Å². The number of carbonyl (C=O) groups excluding carboxylic acids is 1. The summed E-state index contributed by atoms with van der Waals surface area (Å²) in [5, 5.41) is 3.26. The van der Waals surface area contributed by atoms with Crippen LogP contribution in [0.25, 0.3) is 0 Å². The smallest absolute Gasteiger partial charge is 0.256 e. The molecule has 0 aliphatic rings. The molecular formula is C15H22ClNO3. The van der Waals surface area contributed by atoms with E-state index in [0.29, 0.717) is 29.7 Å². The SMILES string of the molecule is CCCOc1ccc(NC(=O)C(C)(C)OCC)cc1Cl. The van der Waals surface area contributed by atoms with Gasteiger partial charge in [0, 0.05) is 12.3 Å². The zero-order chi connectivity index (χ0) is 15.2. The molecule has 5 heteroatoms. The first-order valence-electron chi connectivity index (χ1n) is 6.78. The van der Waals surface area contributed by atoms with Crippen molar-refractivity contribution < 1.29 is 14.3 Å². The summed E-state index contributed by atoms with van der Waals surface area (Å²) in [6, 6.07) is 5.19. The maximum absolute atomic E-state index is 12.1. The van der Waals surface area contributed by atoms with Crippen LogP contribution in [0, 0.1) is 0 Å². The summed E-state index contributed by atoms with van der Waals surface area (Å²) in [5.74, 6) is 0.410. The molecule has 4 nitrogen and oxygen atoms in total. The Morgan fingerprint density at radius 3 is 2.60 bits per heavy atom. The number of hydrogen-bond acceptors (Lipinski definition) is 3. The minimum atomic E-state index is -0.876. The minimum Gasteiger partial charge on any atom is -0.492 e. The van der Waals surface area contributed by atoms with Crippen LogP contribution < -0.4 is 10.1 Å². The summed E-state index contributed by atoms with van der Waals surface area (Å²) in [6.07, 6.45) is 0.914. The molecule has 20 heavy (non-hydrogen) atoms. The Balaban J connectivity index is 2.74. The molecule has 0 unspecified atom stereocenters. The van der Waals surface area contributed by atoms with Gasteiger partial charge >= 0.3 is 0 Å². The third-order valence-electron chi connectivity index (χ3n) is 2.70. The first-order valence-corrected chi connectivity index (χ1v) is 7.16. The van der Waals surface area contributed by atoms with E-state index in [1.807, 2.05) is 13.8 Å². The van der Waals surface area contributed by atoms with Gasteiger partial charge in [0.05, 0.1) is 11.6 Å². The monoisotopic (exact) mass is 299 g/mol. The van der Waals surface area contributed by atoms with Crippen LogP contribution in [0.4, 0.5) is 5.69 Å². The summed E-state index contributed by atoms with van der Waals surface area (Å²) in [4.78, 5) is 12.1. The van der Waals surface area contributed by atoms with Crippen LogP contribution in [0.2, 0.25) is 5.02 Å². The highest BCUT2D eigenvalue weighted by molar-refractivity contribution is 6.32. The number of benzene rings is 1. The maximum Gasteiger partial charge on any atom is 0.256 e. The predicted molar refractivity (Wildman–Crippen MR) is 81.6 cm³/mol. The van der Waals surface area contributed by atoms with Gasteiger partial charge in [-0.25, -0.2) is 0 Å². The highest BCUT2D eigenvalue weighted by Gasteiger charge is 2.28. The number of rotatable bonds is 7. The molecule has 1 aromatic rings. The topological polar surface area (TPSA) is 47.6 Å². The number of hydrogen-bond donors (Lipinski definition) is 1. The van der Waals surface area contributed by atoms with Crippen LogP contribution >= 0.6 is 11.6 Å². The third kappa shape index (κ3) is 4.69. The van der Waals surface area contributed by atoms with Gasteiger partial charge in [-0.15, -0.1) is 0 Å². The van der Waals surface area contributed by atoms with E-state index >= 15 is 0 Å². The zero-order valence-electron chi connectivity index (χ0n) is 12.5. The molecule has 1 amide bonds. The fourth-order valence-corrected chi connectivity index (χ4v) is 1.85. The molecule has 1 aromatic carbocycles. The summed E-state index contributed by atoms with van der Waals surface area (Å²) >= 11 is 6.12. The van der Waals surface area contributed by atoms with Crippen LogP contribution in [-0.2, 0) is 9.53 Å². The summed E-state index contributed by atoms with van der Waals surface area (Å²) in [7, 11) is 0. The van der Waals surface area contributed by atoms with Crippen molar-refractivity contribution in [2.75, 3.05) is 18.5 Å². The molecule has 0 saturated carbocycles. The molecule has 0 heterocycles.